The quantitative estimate of drug-likeness (QED) is 0.422. The average molecular weight is 204 g/mol. The molecule has 0 bridgehead atoms. The van der Waals surface area contributed by atoms with Crippen LogP contribution in [0.1, 0.15) is 0 Å². The normalized spacial score (nSPS) is 9.83. The number of halogens is 1. The maximum atomic E-state index is 10.4. The summed E-state index contributed by atoms with van der Waals surface area (Å²) in [6.07, 6.45) is 1.85. The number of nitro groups is 1. The van der Waals surface area contributed by atoms with Crippen LogP contribution in [0.25, 0.3) is 0 Å². The van der Waals surface area contributed by atoms with Crippen LogP contribution in [0.4, 0.5) is 5.69 Å². The second-order valence-corrected chi connectivity index (χ2v) is 3.36. The highest BCUT2D eigenvalue weighted by molar-refractivity contribution is 7.98. The van der Waals surface area contributed by atoms with Crippen molar-refractivity contribution in [3.63, 3.8) is 0 Å². The smallest absolute Gasteiger partial charge is 0.258 e. The molecule has 0 spiro atoms. The molecular weight excluding hydrogens is 198 g/mol. The summed E-state index contributed by atoms with van der Waals surface area (Å²) in [5.74, 6) is 0. The van der Waals surface area contributed by atoms with Crippen molar-refractivity contribution in [2.24, 2.45) is 0 Å². The summed E-state index contributed by atoms with van der Waals surface area (Å²) >= 11 is 7.04. The highest BCUT2D eigenvalue weighted by atomic mass is 35.5. The van der Waals surface area contributed by atoms with E-state index in [1.807, 2.05) is 6.26 Å². The fourth-order valence-electron chi connectivity index (χ4n) is 0.759. The van der Waals surface area contributed by atoms with Gasteiger partial charge in [-0.25, -0.2) is 0 Å². The summed E-state index contributed by atoms with van der Waals surface area (Å²) in [4.78, 5) is 10.8. The van der Waals surface area contributed by atoms with Gasteiger partial charge in [-0.2, -0.15) is 0 Å². The predicted molar refractivity (Wildman–Crippen MR) is 49.9 cm³/mol. The van der Waals surface area contributed by atoms with Gasteiger partial charge in [-0.05, 0) is 18.4 Å². The highest BCUT2D eigenvalue weighted by Crippen LogP contribution is 2.28. The molecule has 1 aromatic carbocycles. The molecule has 5 heteroatoms. The molecule has 64 valence electrons. The van der Waals surface area contributed by atoms with E-state index in [0.717, 1.165) is 4.90 Å². The molecule has 0 heterocycles. The van der Waals surface area contributed by atoms with Crippen molar-refractivity contribution in [3.05, 3.63) is 33.3 Å². The zero-order valence-corrected chi connectivity index (χ0v) is 7.85. The van der Waals surface area contributed by atoms with E-state index in [4.69, 9.17) is 11.6 Å². The molecule has 0 unspecified atom stereocenters. The van der Waals surface area contributed by atoms with Gasteiger partial charge in [0.05, 0.1) is 4.92 Å². The van der Waals surface area contributed by atoms with Gasteiger partial charge in [0.2, 0.25) is 0 Å². The first kappa shape index (κ1) is 9.35. The lowest BCUT2D eigenvalue weighted by molar-refractivity contribution is -0.384. The van der Waals surface area contributed by atoms with Crippen LogP contribution in [-0.2, 0) is 0 Å². The molecule has 0 saturated heterocycles. The molecule has 0 aromatic heterocycles. The SMILES string of the molecule is CSc1ccc(Cl)c([N+](=O)[O-])c1. The fourth-order valence-corrected chi connectivity index (χ4v) is 1.38. The Hall–Kier alpha value is -0.740. The van der Waals surface area contributed by atoms with Gasteiger partial charge in [-0.15, -0.1) is 11.8 Å². The molecule has 0 aliphatic heterocycles. The van der Waals surface area contributed by atoms with Crippen LogP contribution in [-0.4, -0.2) is 11.2 Å². The van der Waals surface area contributed by atoms with E-state index >= 15 is 0 Å². The van der Waals surface area contributed by atoms with Gasteiger partial charge < -0.3 is 0 Å². The first-order valence-corrected chi connectivity index (χ1v) is 4.73. The molecular formula is C7H6ClNO2S. The largest absolute Gasteiger partial charge is 0.288 e. The van der Waals surface area contributed by atoms with Gasteiger partial charge in [0.1, 0.15) is 5.02 Å². The summed E-state index contributed by atoms with van der Waals surface area (Å²) in [7, 11) is 0. The first-order chi connectivity index (χ1) is 5.65. The maximum absolute atomic E-state index is 10.4. The topological polar surface area (TPSA) is 43.1 Å². The van der Waals surface area contributed by atoms with E-state index < -0.39 is 4.92 Å². The van der Waals surface area contributed by atoms with Crippen LogP contribution >= 0.6 is 23.4 Å². The molecule has 0 radical (unpaired) electrons. The van der Waals surface area contributed by atoms with E-state index in [1.54, 1.807) is 6.07 Å². The molecule has 0 atom stereocenters. The number of hydrogen-bond acceptors (Lipinski definition) is 3. The minimum Gasteiger partial charge on any atom is -0.258 e. The van der Waals surface area contributed by atoms with Crippen molar-refractivity contribution in [1.82, 2.24) is 0 Å². The second kappa shape index (κ2) is 3.78. The van der Waals surface area contributed by atoms with Crippen LogP contribution in [0.3, 0.4) is 0 Å². The minimum absolute atomic E-state index is 0.0384. The third kappa shape index (κ3) is 1.89. The Morgan fingerprint density at radius 3 is 2.75 bits per heavy atom. The van der Waals surface area contributed by atoms with Crippen molar-refractivity contribution in [1.29, 1.82) is 0 Å². The second-order valence-electron chi connectivity index (χ2n) is 2.07. The van der Waals surface area contributed by atoms with Gasteiger partial charge in [0, 0.05) is 11.0 Å². The number of benzene rings is 1. The van der Waals surface area contributed by atoms with Crippen molar-refractivity contribution < 1.29 is 4.92 Å². The molecule has 0 fully saturated rings. The molecule has 0 aliphatic rings. The summed E-state index contributed by atoms with van der Waals surface area (Å²) < 4.78 is 0. The minimum atomic E-state index is -0.484. The van der Waals surface area contributed by atoms with Crippen LogP contribution in [0, 0.1) is 10.1 Å². The lowest BCUT2D eigenvalue weighted by Crippen LogP contribution is -1.88. The number of rotatable bonds is 2. The number of nitrogens with zero attached hydrogens (tertiary/aromatic N) is 1. The third-order valence-electron chi connectivity index (χ3n) is 1.35. The Kier molecular flexibility index (Phi) is 2.94. The predicted octanol–water partition coefficient (Wildman–Crippen LogP) is 2.97. The van der Waals surface area contributed by atoms with Crippen LogP contribution in [0.2, 0.25) is 5.02 Å². The standard InChI is InChI=1S/C7H6ClNO2S/c1-12-5-2-3-6(8)7(4-5)9(10)11/h2-4H,1H3. The van der Waals surface area contributed by atoms with Crippen molar-refractivity contribution >= 4 is 29.1 Å². The molecule has 1 rings (SSSR count). The molecule has 3 nitrogen and oxygen atoms in total. The maximum Gasteiger partial charge on any atom is 0.288 e. The van der Waals surface area contributed by atoms with Crippen LogP contribution in [0.15, 0.2) is 23.1 Å². The van der Waals surface area contributed by atoms with Crippen molar-refractivity contribution in [2.75, 3.05) is 6.26 Å². The highest BCUT2D eigenvalue weighted by Gasteiger charge is 2.11. The molecule has 0 amide bonds. The monoisotopic (exact) mass is 203 g/mol. The molecule has 1 aromatic rings. The molecule has 12 heavy (non-hydrogen) atoms. The Labute approximate surface area is 78.9 Å². The van der Waals surface area contributed by atoms with Crippen molar-refractivity contribution in [3.8, 4) is 0 Å². The van der Waals surface area contributed by atoms with Gasteiger partial charge in [-0.1, -0.05) is 11.6 Å². The van der Waals surface area contributed by atoms with Gasteiger partial charge in [0.25, 0.3) is 5.69 Å². The van der Waals surface area contributed by atoms with Gasteiger partial charge in [0.15, 0.2) is 0 Å². The lowest BCUT2D eigenvalue weighted by Gasteiger charge is -1.97. The van der Waals surface area contributed by atoms with E-state index in [0.29, 0.717) is 0 Å². The fraction of sp³-hybridized carbons (Fsp3) is 0.143. The average Bonchev–Trinajstić information content (AvgIpc) is 2.05. The lowest BCUT2D eigenvalue weighted by atomic mass is 10.3. The number of thioether (sulfide) groups is 1. The summed E-state index contributed by atoms with van der Waals surface area (Å²) in [6.45, 7) is 0. The number of hydrogen-bond donors (Lipinski definition) is 0. The summed E-state index contributed by atoms with van der Waals surface area (Å²) in [5.41, 5.74) is -0.0384. The van der Waals surface area contributed by atoms with Crippen LogP contribution < -0.4 is 0 Å². The Balaban J connectivity index is 3.17. The molecule has 0 aliphatic carbocycles. The Morgan fingerprint density at radius 1 is 1.58 bits per heavy atom. The van der Waals surface area contributed by atoms with E-state index in [2.05, 4.69) is 0 Å². The van der Waals surface area contributed by atoms with E-state index in [-0.39, 0.29) is 10.7 Å². The summed E-state index contributed by atoms with van der Waals surface area (Å²) in [5, 5.41) is 10.6. The van der Waals surface area contributed by atoms with E-state index in [9.17, 15) is 10.1 Å². The van der Waals surface area contributed by atoms with Gasteiger partial charge >= 0.3 is 0 Å². The molecule has 0 N–H and O–H groups in total. The van der Waals surface area contributed by atoms with E-state index in [1.165, 1.54) is 23.9 Å². The zero-order valence-electron chi connectivity index (χ0n) is 6.28. The van der Waals surface area contributed by atoms with Gasteiger partial charge in [-0.3, -0.25) is 10.1 Å². The third-order valence-corrected chi connectivity index (χ3v) is 2.39. The number of nitro benzene ring substituents is 1. The van der Waals surface area contributed by atoms with Crippen molar-refractivity contribution in [2.45, 2.75) is 4.90 Å². The Morgan fingerprint density at radius 2 is 2.25 bits per heavy atom. The zero-order chi connectivity index (χ0) is 9.14. The Bertz CT molecular complexity index is 316. The summed E-state index contributed by atoms with van der Waals surface area (Å²) in [6, 6.07) is 4.75. The molecule has 0 saturated carbocycles. The first-order valence-electron chi connectivity index (χ1n) is 3.13. The van der Waals surface area contributed by atoms with Crippen LogP contribution in [0.5, 0.6) is 0 Å².